The lowest BCUT2D eigenvalue weighted by Crippen LogP contribution is -2.13. The fraction of sp³-hybridized carbons (Fsp3) is 0.538. The Morgan fingerprint density at radius 1 is 1.41 bits per heavy atom. The van der Waals surface area contributed by atoms with Crippen molar-refractivity contribution in [3.05, 3.63) is 23.4 Å². The summed E-state index contributed by atoms with van der Waals surface area (Å²) >= 11 is 5.72. The Hall–Kier alpha value is -1.09. The van der Waals surface area contributed by atoms with Gasteiger partial charge in [-0.2, -0.15) is 0 Å². The first-order chi connectivity index (χ1) is 8.24. The summed E-state index contributed by atoms with van der Waals surface area (Å²) in [5.41, 5.74) is 0. The minimum atomic E-state index is 0.0479. The van der Waals surface area contributed by atoms with Crippen LogP contribution in [0, 0.1) is 5.92 Å². The molecule has 1 amide bonds. The van der Waals surface area contributed by atoms with Crippen molar-refractivity contribution in [3.8, 4) is 0 Å². The molecule has 1 aliphatic carbocycles. The van der Waals surface area contributed by atoms with E-state index in [1.807, 2.05) is 0 Å². The van der Waals surface area contributed by atoms with Gasteiger partial charge in [0.1, 0.15) is 5.82 Å². The first kappa shape index (κ1) is 12.4. The number of rotatable bonds is 4. The minimum absolute atomic E-state index is 0.0479. The number of pyridine rings is 1. The van der Waals surface area contributed by atoms with Gasteiger partial charge in [-0.15, -0.1) is 0 Å². The molecule has 0 saturated heterocycles. The highest BCUT2D eigenvalue weighted by molar-refractivity contribution is 6.30. The van der Waals surface area contributed by atoms with Gasteiger partial charge in [-0.05, 0) is 24.5 Å². The summed E-state index contributed by atoms with van der Waals surface area (Å²) in [4.78, 5) is 15.7. The summed E-state index contributed by atoms with van der Waals surface area (Å²) < 4.78 is 0. The maximum atomic E-state index is 11.7. The molecule has 1 saturated carbocycles. The number of amides is 1. The van der Waals surface area contributed by atoms with Crippen molar-refractivity contribution in [1.82, 2.24) is 4.98 Å². The Morgan fingerprint density at radius 3 is 2.82 bits per heavy atom. The number of anilines is 1. The Labute approximate surface area is 107 Å². The second kappa shape index (κ2) is 6.01. The van der Waals surface area contributed by atoms with Crippen LogP contribution in [-0.2, 0) is 4.79 Å². The number of halogens is 1. The van der Waals surface area contributed by atoms with Crippen LogP contribution in [0.3, 0.4) is 0 Å². The highest BCUT2D eigenvalue weighted by Crippen LogP contribution is 2.28. The number of hydrogen-bond donors (Lipinski definition) is 1. The Kier molecular flexibility index (Phi) is 4.37. The van der Waals surface area contributed by atoms with Crippen molar-refractivity contribution >= 4 is 23.3 Å². The van der Waals surface area contributed by atoms with Gasteiger partial charge in [0.2, 0.25) is 5.91 Å². The van der Waals surface area contributed by atoms with E-state index in [2.05, 4.69) is 10.3 Å². The maximum absolute atomic E-state index is 11.7. The zero-order valence-electron chi connectivity index (χ0n) is 9.79. The summed E-state index contributed by atoms with van der Waals surface area (Å²) in [5.74, 6) is 1.37. The zero-order chi connectivity index (χ0) is 12.1. The molecule has 1 N–H and O–H groups in total. The second-order valence-corrected chi connectivity index (χ2v) is 5.04. The highest BCUT2D eigenvalue weighted by atomic mass is 35.5. The van der Waals surface area contributed by atoms with E-state index in [-0.39, 0.29) is 5.91 Å². The topological polar surface area (TPSA) is 42.0 Å². The van der Waals surface area contributed by atoms with Gasteiger partial charge in [0.05, 0.1) is 5.02 Å². The molecule has 17 heavy (non-hydrogen) atoms. The highest BCUT2D eigenvalue weighted by Gasteiger charge is 2.16. The van der Waals surface area contributed by atoms with Crippen LogP contribution in [0.1, 0.15) is 38.5 Å². The number of hydrogen-bond acceptors (Lipinski definition) is 2. The van der Waals surface area contributed by atoms with Crippen LogP contribution in [0.5, 0.6) is 0 Å². The van der Waals surface area contributed by atoms with Crippen LogP contribution in [0.25, 0.3) is 0 Å². The van der Waals surface area contributed by atoms with Gasteiger partial charge >= 0.3 is 0 Å². The van der Waals surface area contributed by atoms with Gasteiger partial charge in [0, 0.05) is 12.6 Å². The van der Waals surface area contributed by atoms with Gasteiger partial charge in [0.15, 0.2) is 0 Å². The number of carbonyl (C=O) groups excluding carboxylic acids is 1. The Bertz CT molecular complexity index is 372. The lowest BCUT2D eigenvalue weighted by atomic mass is 10.0. The van der Waals surface area contributed by atoms with E-state index >= 15 is 0 Å². The molecular weight excluding hydrogens is 236 g/mol. The van der Waals surface area contributed by atoms with Crippen LogP contribution in [-0.4, -0.2) is 10.9 Å². The van der Waals surface area contributed by atoms with E-state index in [1.54, 1.807) is 12.1 Å². The van der Waals surface area contributed by atoms with Crippen molar-refractivity contribution in [2.24, 2.45) is 5.92 Å². The third-order valence-corrected chi connectivity index (χ3v) is 3.47. The SMILES string of the molecule is O=C(CCC1CCCC1)Nc1ccc(Cl)cn1. The van der Waals surface area contributed by atoms with Crippen molar-refractivity contribution < 1.29 is 4.79 Å². The molecule has 1 fully saturated rings. The molecule has 0 unspecified atom stereocenters. The lowest BCUT2D eigenvalue weighted by Gasteiger charge is -2.08. The van der Waals surface area contributed by atoms with Gasteiger partial charge in [0.25, 0.3) is 0 Å². The van der Waals surface area contributed by atoms with Gasteiger partial charge in [-0.25, -0.2) is 4.98 Å². The van der Waals surface area contributed by atoms with E-state index in [1.165, 1.54) is 31.9 Å². The Balaban J connectivity index is 1.74. The number of nitrogens with one attached hydrogen (secondary N) is 1. The average molecular weight is 253 g/mol. The van der Waals surface area contributed by atoms with Gasteiger partial charge in [-0.1, -0.05) is 37.3 Å². The standard InChI is InChI=1S/C13H17ClN2O/c14-11-6-7-12(15-9-11)16-13(17)8-5-10-3-1-2-4-10/h6-7,9-10H,1-5,8H2,(H,15,16,17). The van der Waals surface area contributed by atoms with Crippen molar-refractivity contribution in [2.45, 2.75) is 38.5 Å². The third kappa shape index (κ3) is 4.00. The quantitative estimate of drug-likeness (QED) is 0.889. The molecule has 3 nitrogen and oxygen atoms in total. The fourth-order valence-electron chi connectivity index (χ4n) is 2.29. The molecule has 0 aromatic carbocycles. The van der Waals surface area contributed by atoms with Crippen LogP contribution in [0.15, 0.2) is 18.3 Å². The van der Waals surface area contributed by atoms with E-state index in [0.717, 1.165) is 12.3 Å². The first-order valence-corrected chi connectivity index (χ1v) is 6.53. The van der Waals surface area contributed by atoms with Crippen molar-refractivity contribution in [3.63, 3.8) is 0 Å². The normalized spacial score (nSPS) is 16.1. The van der Waals surface area contributed by atoms with Crippen LogP contribution in [0.2, 0.25) is 5.02 Å². The summed E-state index contributed by atoms with van der Waals surface area (Å²) in [6, 6.07) is 3.44. The molecule has 0 radical (unpaired) electrons. The second-order valence-electron chi connectivity index (χ2n) is 4.60. The van der Waals surface area contributed by atoms with Gasteiger partial charge < -0.3 is 5.32 Å². The number of aromatic nitrogens is 1. The molecule has 0 bridgehead atoms. The third-order valence-electron chi connectivity index (χ3n) is 3.25. The number of nitrogens with zero attached hydrogens (tertiary/aromatic N) is 1. The molecule has 1 heterocycles. The first-order valence-electron chi connectivity index (χ1n) is 6.15. The molecule has 2 rings (SSSR count). The van der Waals surface area contributed by atoms with E-state index in [9.17, 15) is 4.79 Å². The Morgan fingerprint density at radius 2 is 2.18 bits per heavy atom. The smallest absolute Gasteiger partial charge is 0.225 e. The van der Waals surface area contributed by atoms with Crippen LogP contribution in [0.4, 0.5) is 5.82 Å². The maximum Gasteiger partial charge on any atom is 0.225 e. The summed E-state index contributed by atoms with van der Waals surface area (Å²) in [5, 5.41) is 3.36. The summed E-state index contributed by atoms with van der Waals surface area (Å²) in [7, 11) is 0. The molecule has 1 aliphatic rings. The predicted octanol–water partition coefficient (Wildman–Crippen LogP) is 3.64. The van der Waals surface area contributed by atoms with Crippen LogP contribution < -0.4 is 5.32 Å². The number of carbonyl (C=O) groups is 1. The van der Waals surface area contributed by atoms with Crippen molar-refractivity contribution in [1.29, 1.82) is 0 Å². The van der Waals surface area contributed by atoms with Crippen molar-refractivity contribution in [2.75, 3.05) is 5.32 Å². The predicted molar refractivity (Wildman–Crippen MR) is 69.1 cm³/mol. The average Bonchev–Trinajstić information content (AvgIpc) is 2.83. The molecular formula is C13H17ClN2O. The summed E-state index contributed by atoms with van der Waals surface area (Å²) in [6.07, 6.45) is 8.34. The molecule has 0 aliphatic heterocycles. The monoisotopic (exact) mass is 252 g/mol. The lowest BCUT2D eigenvalue weighted by molar-refractivity contribution is -0.116. The molecule has 1 aromatic heterocycles. The van der Waals surface area contributed by atoms with E-state index < -0.39 is 0 Å². The largest absolute Gasteiger partial charge is 0.311 e. The van der Waals surface area contributed by atoms with E-state index in [4.69, 9.17) is 11.6 Å². The fourth-order valence-corrected chi connectivity index (χ4v) is 2.40. The zero-order valence-corrected chi connectivity index (χ0v) is 10.5. The minimum Gasteiger partial charge on any atom is -0.311 e. The van der Waals surface area contributed by atoms with Crippen LogP contribution >= 0.6 is 11.6 Å². The molecule has 0 atom stereocenters. The molecule has 92 valence electrons. The molecule has 0 spiro atoms. The van der Waals surface area contributed by atoms with Gasteiger partial charge in [-0.3, -0.25) is 4.79 Å². The molecule has 4 heteroatoms. The summed E-state index contributed by atoms with van der Waals surface area (Å²) in [6.45, 7) is 0. The van der Waals surface area contributed by atoms with E-state index in [0.29, 0.717) is 17.3 Å². The molecule has 1 aromatic rings.